The fraction of sp³-hybridized carbons (Fsp3) is 0.235. The molecule has 1 heterocycles. The second kappa shape index (κ2) is 12.9. The van der Waals surface area contributed by atoms with Gasteiger partial charge in [-0.2, -0.15) is 5.26 Å². The van der Waals surface area contributed by atoms with Crippen LogP contribution >= 0.6 is 15.9 Å². The van der Waals surface area contributed by atoms with Crippen LogP contribution in [-0.4, -0.2) is 50.0 Å². The number of carbonyl (C=O) groups is 3. The molecule has 0 aromatic heterocycles. The molecular formula is C34H32BrN5O4. The number of ether oxygens (including phenoxy) is 1. The second-order valence-corrected chi connectivity index (χ2v) is 11.5. The van der Waals surface area contributed by atoms with Gasteiger partial charge in [-0.25, -0.2) is 0 Å². The predicted molar refractivity (Wildman–Crippen MR) is 174 cm³/mol. The molecule has 4 aromatic rings. The van der Waals surface area contributed by atoms with Gasteiger partial charge in [0, 0.05) is 15.6 Å². The monoisotopic (exact) mass is 653 g/mol. The number of carbonyl (C=O) groups excluding carboxylic acids is 3. The summed E-state index contributed by atoms with van der Waals surface area (Å²) in [5.74, 6) is -0.496. The number of benzene rings is 4. The van der Waals surface area contributed by atoms with E-state index in [0.717, 1.165) is 20.8 Å². The zero-order valence-corrected chi connectivity index (χ0v) is 26.4. The van der Waals surface area contributed by atoms with Crippen LogP contribution in [0.15, 0.2) is 83.3 Å². The van der Waals surface area contributed by atoms with Gasteiger partial charge in [0.15, 0.2) is 0 Å². The maximum Gasteiger partial charge on any atom is 0.258 e. The minimum atomic E-state index is -1.08. The lowest BCUT2D eigenvalue weighted by Gasteiger charge is -2.32. The molecule has 3 atom stereocenters. The van der Waals surface area contributed by atoms with E-state index in [1.807, 2.05) is 42.5 Å². The van der Waals surface area contributed by atoms with Crippen molar-refractivity contribution in [2.75, 3.05) is 24.0 Å². The van der Waals surface area contributed by atoms with E-state index in [4.69, 9.17) is 4.74 Å². The first-order chi connectivity index (χ1) is 21.2. The summed E-state index contributed by atoms with van der Waals surface area (Å²) in [6, 6.07) is 23.0. The molecule has 1 aliphatic heterocycles. The number of nitrogens with zero attached hydrogens (tertiary/aromatic N) is 3. The van der Waals surface area contributed by atoms with Crippen molar-refractivity contribution >= 4 is 55.8 Å². The van der Waals surface area contributed by atoms with E-state index < -0.39 is 18.1 Å². The largest absolute Gasteiger partial charge is 0.496 e. The number of amides is 3. The van der Waals surface area contributed by atoms with Gasteiger partial charge in [0.05, 0.1) is 48.7 Å². The van der Waals surface area contributed by atoms with Crippen LogP contribution < -0.4 is 25.2 Å². The first-order valence-corrected chi connectivity index (χ1v) is 14.9. The van der Waals surface area contributed by atoms with Crippen LogP contribution in [0.1, 0.15) is 35.3 Å². The summed E-state index contributed by atoms with van der Waals surface area (Å²) in [5.41, 5.74) is 2.59. The zero-order chi connectivity index (χ0) is 31.5. The number of nitrogens with one attached hydrogen (secondary N) is 2. The number of para-hydroxylation sites is 2. The van der Waals surface area contributed by atoms with Crippen molar-refractivity contribution < 1.29 is 19.1 Å². The van der Waals surface area contributed by atoms with Gasteiger partial charge in [-0.15, -0.1) is 0 Å². The van der Waals surface area contributed by atoms with E-state index in [0.29, 0.717) is 28.3 Å². The number of hydrogen-bond donors (Lipinski definition) is 2. The molecule has 0 saturated carbocycles. The Hall–Kier alpha value is -4.72. The molecule has 0 fully saturated rings. The van der Waals surface area contributed by atoms with Gasteiger partial charge in [0.2, 0.25) is 5.91 Å². The molecule has 9 nitrogen and oxygen atoms in total. The maximum atomic E-state index is 14.6. The highest BCUT2D eigenvalue weighted by molar-refractivity contribution is 9.10. The second-order valence-electron chi connectivity index (χ2n) is 10.6. The summed E-state index contributed by atoms with van der Waals surface area (Å²) >= 11 is 3.54. The number of rotatable bonds is 7. The molecule has 3 amide bonds. The SMILES string of the molecule is CN[C@@H](C)C(=O)N[C@@H]1C(=O)N(Cc2c(OC)ccc3cc(Br)ccc23)c2ccccc2N(C(=O)c2ccc(C#N)cc2)[C@H]1C. The molecule has 0 unspecified atom stereocenters. The van der Waals surface area contributed by atoms with Crippen molar-refractivity contribution in [1.82, 2.24) is 10.6 Å². The summed E-state index contributed by atoms with van der Waals surface area (Å²) in [4.78, 5) is 45.2. The summed E-state index contributed by atoms with van der Waals surface area (Å²) < 4.78 is 6.68. The Balaban J connectivity index is 1.69. The fourth-order valence-corrected chi connectivity index (χ4v) is 5.87. The average molecular weight is 655 g/mol. The molecule has 2 N–H and O–H groups in total. The van der Waals surface area contributed by atoms with Crippen LogP contribution in [-0.2, 0) is 16.1 Å². The van der Waals surface area contributed by atoms with E-state index in [2.05, 4.69) is 32.6 Å². The highest BCUT2D eigenvalue weighted by atomic mass is 79.9. The van der Waals surface area contributed by atoms with Crippen LogP contribution in [0.2, 0.25) is 0 Å². The molecule has 0 radical (unpaired) electrons. The van der Waals surface area contributed by atoms with Crippen molar-refractivity contribution in [3.63, 3.8) is 0 Å². The minimum Gasteiger partial charge on any atom is -0.496 e. The molecule has 0 saturated heterocycles. The lowest BCUT2D eigenvalue weighted by Crippen LogP contribution is -2.59. The number of fused-ring (bicyclic) bond motifs is 2. The first-order valence-electron chi connectivity index (χ1n) is 14.1. The van der Waals surface area contributed by atoms with Crippen LogP contribution in [0.5, 0.6) is 5.75 Å². The van der Waals surface area contributed by atoms with E-state index in [-0.39, 0.29) is 24.3 Å². The Morgan fingerprint density at radius 2 is 1.75 bits per heavy atom. The van der Waals surface area contributed by atoms with E-state index in [9.17, 15) is 19.6 Å². The Bertz CT molecular complexity index is 1790. The molecule has 0 aliphatic carbocycles. The topological polar surface area (TPSA) is 115 Å². The van der Waals surface area contributed by atoms with E-state index in [1.54, 1.807) is 74.2 Å². The van der Waals surface area contributed by atoms with Crippen molar-refractivity contribution in [3.8, 4) is 11.8 Å². The molecule has 1 aliphatic rings. The van der Waals surface area contributed by atoms with Crippen molar-refractivity contribution in [2.45, 2.75) is 38.5 Å². The van der Waals surface area contributed by atoms with Crippen LogP contribution in [0.4, 0.5) is 11.4 Å². The Labute approximate surface area is 264 Å². The molecule has 5 rings (SSSR count). The minimum absolute atomic E-state index is 0.123. The third kappa shape index (κ3) is 5.76. The summed E-state index contributed by atoms with van der Waals surface area (Å²) in [6.07, 6.45) is 0. The third-order valence-corrected chi connectivity index (χ3v) is 8.54. The standard InChI is InChI=1S/C34H32BrN5O4/c1-20(37-3)32(41)38-31-21(2)40(33(42)23-11-9-22(18-36)10-12-23)29-8-6-5-7-28(29)39(34(31)43)19-27-26-15-14-25(35)17-24(26)13-16-30(27)44-4/h5-17,20-21,31,37H,19H2,1-4H3,(H,38,41)/t20-,21-,31-/m0/s1. The van der Waals surface area contributed by atoms with Crippen LogP contribution in [0.25, 0.3) is 10.8 Å². The average Bonchev–Trinajstić information content (AvgIpc) is 3.12. The molecule has 10 heteroatoms. The Morgan fingerprint density at radius 3 is 2.41 bits per heavy atom. The molecule has 0 bridgehead atoms. The molecule has 0 spiro atoms. The molecule has 4 aromatic carbocycles. The summed E-state index contributed by atoms with van der Waals surface area (Å²) in [6.45, 7) is 3.58. The number of methoxy groups -OCH3 is 1. The van der Waals surface area contributed by atoms with Gasteiger partial charge in [-0.1, -0.05) is 40.2 Å². The number of hydrogen-bond acceptors (Lipinski definition) is 6. The zero-order valence-electron chi connectivity index (χ0n) is 24.8. The smallest absolute Gasteiger partial charge is 0.258 e. The van der Waals surface area contributed by atoms with Gasteiger partial charge in [-0.3, -0.25) is 14.4 Å². The quantitative estimate of drug-likeness (QED) is 0.285. The van der Waals surface area contributed by atoms with Gasteiger partial charge in [0.1, 0.15) is 11.8 Å². The number of anilines is 2. The summed E-state index contributed by atoms with van der Waals surface area (Å²) in [5, 5.41) is 17.0. The molecule has 224 valence electrons. The van der Waals surface area contributed by atoms with Gasteiger partial charge >= 0.3 is 0 Å². The lowest BCUT2D eigenvalue weighted by molar-refractivity contribution is -0.128. The maximum absolute atomic E-state index is 14.6. The van der Waals surface area contributed by atoms with Crippen LogP contribution in [0.3, 0.4) is 0 Å². The Morgan fingerprint density at radius 1 is 1.05 bits per heavy atom. The number of halogens is 1. The highest BCUT2D eigenvalue weighted by Gasteiger charge is 2.43. The lowest BCUT2D eigenvalue weighted by atomic mass is 10.0. The number of nitriles is 1. The molecule has 44 heavy (non-hydrogen) atoms. The predicted octanol–water partition coefficient (Wildman–Crippen LogP) is 5.16. The normalized spacial score (nSPS) is 17.0. The van der Waals surface area contributed by atoms with Crippen LogP contribution in [0, 0.1) is 11.3 Å². The van der Waals surface area contributed by atoms with Gasteiger partial charge in [-0.05, 0) is 86.3 Å². The van der Waals surface area contributed by atoms with Crippen molar-refractivity contribution in [1.29, 1.82) is 5.26 Å². The molecular weight excluding hydrogens is 622 g/mol. The third-order valence-electron chi connectivity index (χ3n) is 8.04. The fourth-order valence-electron chi connectivity index (χ4n) is 5.49. The first kappa shape index (κ1) is 30.7. The Kier molecular flexibility index (Phi) is 8.99. The van der Waals surface area contributed by atoms with Crippen molar-refractivity contribution in [2.24, 2.45) is 0 Å². The number of likely N-dealkylation sites (N-methyl/N-ethyl adjacent to an activating group) is 1. The van der Waals surface area contributed by atoms with Gasteiger partial charge < -0.3 is 25.2 Å². The van der Waals surface area contributed by atoms with E-state index in [1.165, 1.54) is 0 Å². The highest BCUT2D eigenvalue weighted by Crippen LogP contribution is 2.39. The summed E-state index contributed by atoms with van der Waals surface area (Å²) in [7, 11) is 3.25. The van der Waals surface area contributed by atoms with E-state index >= 15 is 0 Å². The van der Waals surface area contributed by atoms with Gasteiger partial charge in [0.25, 0.3) is 11.8 Å². The van der Waals surface area contributed by atoms with Crippen molar-refractivity contribution in [3.05, 3.63) is 100 Å².